The molecule has 0 spiro atoms. The number of nitrogens with zero attached hydrogens (tertiary/aromatic N) is 1. The quantitative estimate of drug-likeness (QED) is 0.844. The van der Waals surface area contributed by atoms with Crippen molar-refractivity contribution in [2.75, 3.05) is 13.1 Å². The van der Waals surface area contributed by atoms with Gasteiger partial charge in [-0.15, -0.1) is 0 Å². The second kappa shape index (κ2) is 5.31. The van der Waals surface area contributed by atoms with Gasteiger partial charge in [-0.3, -0.25) is 4.79 Å². The second-order valence-corrected chi connectivity index (χ2v) is 5.69. The van der Waals surface area contributed by atoms with Crippen LogP contribution in [0.15, 0.2) is 21.3 Å². The van der Waals surface area contributed by atoms with Crippen molar-refractivity contribution >= 4 is 5.91 Å². The second-order valence-electron chi connectivity index (χ2n) is 5.69. The molecule has 5 nitrogen and oxygen atoms in total. The molecule has 2 heterocycles. The lowest BCUT2D eigenvalue weighted by Crippen LogP contribution is -2.57. The lowest BCUT2D eigenvalue weighted by atomic mass is 10.0. The van der Waals surface area contributed by atoms with Gasteiger partial charge in [0, 0.05) is 12.0 Å². The van der Waals surface area contributed by atoms with E-state index in [1.54, 1.807) is 13.0 Å². The number of ether oxygens (including phenoxy) is 1. The maximum atomic E-state index is 12.1. The highest BCUT2D eigenvalue weighted by molar-refractivity contribution is 5.80. The van der Waals surface area contributed by atoms with E-state index in [1.165, 1.54) is 18.9 Å². The van der Waals surface area contributed by atoms with Gasteiger partial charge in [-0.1, -0.05) is 12.8 Å². The number of carbonyl (C=O) groups is 1. The largest absolute Gasteiger partial charge is 0.486 e. The zero-order valence-electron chi connectivity index (χ0n) is 11.6. The standard InChI is InChI=1S/C15H19NO4/c1-10-6-12(7-14(17)19-10)20-13-8-16(9-13)15(18)11-4-2-3-5-11/h6-7,11,13H,2-5,8-9H2,1H3. The van der Waals surface area contributed by atoms with Crippen molar-refractivity contribution in [1.29, 1.82) is 0 Å². The smallest absolute Gasteiger partial charge is 0.339 e. The molecular formula is C15H19NO4. The van der Waals surface area contributed by atoms with Gasteiger partial charge in [-0.2, -0.15) is 0 Å². The van der Waals surface area contributed by atoms with E-state index in [9.17, 15) is 9.59 Å². The van der Waals surface area contributed by atoms with E-state index in [-0.39, 0.29) is 17.9 Å². The summed E-state index contributed by atoms with van der Waals surface area (Å²) in [5.41, 5.74) is -0.404. The summed E-state index contributed by atoms with van der Waals surface area (Å²) in [6.45, 7) is 2.95. The number of amides is 1. The van der Waals surface area contributed by atoms with E-state index >= 15 is 0 Å². The summed E-state index contributed by atoms with van der Waals surface area (Å²) < 4.78 is 10.6. The predicted octanol–water partition coefficient (Wildman–Crippen LogP) is 1.73. The Morgan fingerprint density at radius 3 is 2.65 bits per heavy atom. The summed E-state index contributed by atoms with van der Waals surface area (Å²) in [6.07, 6.45) is 4.38. The third-order valence-electron chi connectivity index (χ3n) is 4.03. The molecule has 0 aromatic carbocycles. The van der Waals surface area contributed by atoms with Gasteiger partial charge in [0.05, 0.1) is 19.2 Å². The summed E-state index contributed by atoms with van der Waals surface area (Å²) in [7, 11) is 0. The molecule has 5 heteroatoms. The zero-order chi connectivity index (χ0) is 14.1. The molecule has 1 saturated heterocycles. The maximum absolute atomic E-state index is 12.1. The Balaban J connectivity index is 1.52. The minimum atomic E-state index is -0.404. The monoisotopic (exact) mass is 277 g/mol. The van der Waals surface area contributed by atoms with Crippen LogP contribution in [-0.4, -0.2) is 30.0 Å². The van der Waals surface area contributed by atoms with Crippen LogP contribution in [0, 0.1) is 12.8 Å². The van der Waals surface area contributed by atoms with Crippen LogP contribution in [-0.2, 0) is 4.79 Å². The van der Waals surface area contributed by atoms with E-state index in [0.29, 0.717) is 24.6 Å². The zero-order valence-corrected chi connectivity index (χ0v) is 11.6. The molecule has 0 unspecified atom stereocenters. The molecular weight excluding hydrogens is 258 g/mol. The number of likely N-dealkylation sites (tertiary alicyclic amines) is 1. The molecule has 0 bridgehead atoms. The van der Waals surface area contributed by atoms with Crippen LogP contribution < -0.4 is 10.4 Å². The molecule has 3 rings (SSSR count). The fourth-order valence-electron chi connectivity index (χ4n) is 2.96. The average molecular weight is 277 g/mol. The first-order valence-corrected chi connectivity index (χ1v) is 7.19. The number of aryl methyl sites for hydroxylation is 1. The number of hydrogen-bond acceptors (Lipinski definition) is 4. The molecule has 1 amide bonds. The van der Waals surface area contributed by atoms with Crippen molar-refractivity contribution in [2.24, 2.45) is 5.92 Å². The van der Waals surface area contributed by atoms with Crippen molar-refractivity contribution in [3.05, 3.63) is 28.3 Å². The van der Waals surface area contributed by atoms with E-state index in [0.717, 1.165) is 12.8 Å². The van der Waals surface area contributed by atoms with Crippen molar-refractivity contribution in [1.82, 2.24) is 4.90 Å². The first-order valence-electron chi connectivity index (χ1n) is 7.19. The summed E-state index contributed by atoms with van der Waals surface area (Å²) in [6, 6.07) is 3.04. The first-order chi connectivity index (χ1) is 9.61. The van der Waals surface area contributed by atoms with Crippen LogP contribution in [0.2, 0.25) is 0 Å². The molecule has 0 radical (unpaired) electrons. The SMILES string of the molecule is Cc1cc(OC2CN(C(=O)C3CCCC3)C2)cc(=O)o1. The van der Waals surface area contributed by atoms with E-state index < -0.39 is 5.63 Å². The Hall–Kier alpha value is -1.78. The molecule has 2 aliphatic rings. The van der Waals surface area contributed by atoms with Gasteiger partial charge in [0.1, 0.15) is 17.6 Å². The van der Waals surface area contributed by atoms with E-state index in [4.69, 9.17) is 9.15 Å². The molecule has 0 N–H and O–H groups in total. The Labute approximate surface area is 117 Å². The van der Waals surface area contributed by atoms with Crippen LogP contribution in [0.5, 0.6) is 5.75 Å². The van der Waals surface area contributed by atoms with Crippen LogP contribution in [0.3, 0.4) is 0 Å². The highest BCUT2D eigenvalue weighted by atomic mass is 16.5. The average Bonchev–Trinajstić information content (AvgIpc) is 2.85. The van der Waals surface area contributed by atoms with Crippen molar-refractivity contribution in [3.8, 4) is 5.75 Å². The minimum Gasteiger partial charge on any atom is -0.486 e. The van der Waals surface area contributed by atoms with Crippen LogP contribution in [0.4, 0.5) is 0 Å². The molecule has 20 heavy (non-hydrogen) atoms. The molecule has 0 atom stereocenters. The van der Waals surface area contributed by atoms with E-state index in [2.05, 4.69) is 0 Å². The van der Waals surface area contributed by atoms with Crippen molar-refractivity contribution in [2.45, 2.75) is 38.7 Å². The Kier molecular flexibility index (Phi) is 3.51. The first kappa shape index (κ1) is 13.2. The molecule has 1 saturated carbocycles. The fraction of sp³-hybridized carbons (Fsp3) is 0.600. The molecule has 108 valence electrons. The Morgan fingerprint density at radius 1 is 1.30 bits per heavy atom. The topological polar surface area (TPSA) is 59.8 Å². The molecule has 2 fully saturated rings. The van der Waals surface area contributed by atoms with Crippen LogP contribution in [0.1, 0.15) is 31.4 Å². The van der Waals surface area contributed by atoms with Crippen LogP contribution >= 0.6 is 0 Å². The fourth-order valence-corrected chi connectivity index (χ4v) is 2.96. The normalized spacial score (nSPS) is 19.9. The van der Waals surface area contributed by atoms with Gasteiger partial charge >= 0.3 is 5.63 Å². The molecule has 1 aromatic rings. The summed E-state index contributed by atoms with van der Waals surface area (Å²) in [5.74, 6) is 1.55. The Bertz CT molecular complexity index is 553. The lowest BCUT2D eigenvalue weighted by Gasteiger charge is -2.40. The summed E-state index contributed by atoms with van der Waals surface area (Å²) in [4.78, 5) is 25.2. The Morgan fingerprint density at radius 2 is 2.00 bits per heavy atom. The number of rotatable bonds is 3. The van der Waals surface area contributed by atoms with Gasteiger partial charge in [0.25, 0.3) is 0 Å². The van der Waals surface area contributed by atoms with Crippen LogP contribution in [0.25, 0.3) is 0 Å². The molecule has 1 aromatic heterocycles. The highest BCUT2D eigenvalue weighted by Gasteiger charge is 2.36. The van der Waals surface area contributed by atoms with Gasteiger partial charge < -0.3 is 14.1 Å². The number of hydrogen-bond donors (Lipinski definition) is 0. The summed E-state index contributed by atoms with van der Waals surface area (Å²) in [5, 5.41) is 0. The highest BCUT2D eigenvalue weighted by Crippen LogP contribution is 2.28. The van der Waals surface area contributed by atoms with Gasteiger partial charge in [0.15, 0.2) is 0 Å². The maximum Gasteiger partial charge on any atom is 0.339 e. The van der Waals surface area contributed by atoms with Gasteiger partial charge in [0.2, 0.25) is 5.91 Å². The van der Waals surface area contributed by atoms with Gasteiger partial charge in [-0.25, -0.2) is 4.79 Å². The molecule has 1 aliphatic carbocycles. The van der Waals surface area contributed by atoms with Crippen molar-refractivity contribution in [3.63, 3.8) is 0 Å². The lowest BCUT2D eigenvalue weighted by molar-refractivity contribution is -0.144. The summed E-state index contributed by atoms with van der Waals surface area (Å²) >= 11 is 0. The van der Waals surface area contributed by atoms with Crippen molar-refractivity contribution < 1.29 is 13.9 Å². The van der Waals surface area contributed by atoms with Gasteiger partial charge in [-0.05, 0) is 19.8 Å². The third kappa shape index (κ3) is 2.71. The predicted molar refractivity (Wildman–Crippen MR) is 72.7 cm³/mol. The third-order valence-corrected chi connectivity index (χ3v) is 4.03. The molecule has 1 aliphatic heterocycles. The minimum absolute atomic E-state index is 0.0125. The number of carbonyl (C=O) groups excluding carboxylic acids is 1. The van der Waals surface area contributed by atoms with E-state index in [1.807, 2.05) is 4.90 Å².